The maximum absolute atomic E-state index is 12.6. The van der Waals surface area contributed by atoms with Gasteiger partial charge in [0.2, 0.25) is 0 Å². The van der Waals surface area contributed by atoms with E-state index < -0.39 is 11.7 Å². The number of benzene rings is 2. The molecule has 3 rings (SSSR count). The van der Waals surface area contributed by atoms with Crippen molar-refractivity contribution >= 4 is 29.0 Å². The number of halogens is 4. The molecule has 0 saturated heterocycles. The SMILES string of the molecule is COCn1sc(=NC(=O)Cc2ccc(Oc3ccc(C(F)(F)F)cc3)cc2)c(Cl)c1C. The molecule has 0 aliphatic carbocycles. The van der Waals surface area contributed by atoms with Gasteiger partial charge >= 0.3 is 6.18 Å². The van der Waals surface area contributed by atoms with Crippen molar-refractivity contribution in [3.05, 3.63) is 75.0 Å². The normalized spacial score (nSPS) is 12.3. The van der Waals surface area contributed by atoms with Gasteiger partial charge in [-0.25, -0.2) is 0 Å². The van der Waals surface area contributed by atoms with Crippen molar-refractivity contribution in [2.75, 3.05) is 7.11 Å². The van der Waals surface area contributed by atoms with Crippen molar-refractivity contribution in [2.45, 2.75) is 26.3 Å². The lowest BCUT2D eigenvalue weighted by atomic mass is 10.1. The van der Waals surface area contributed by atoms with Crippen LogP contribution < -0.4 is 9.41 Å². The molecule has 0 unspecified atom stereocenters. The average molecular weight is 471 g/mol. The summed E-state index contributed by atoms with van der Waals surface area (Å²) in [4.78, 5) is 16.4. The standard InChI is InChI=1S/C21H18ClF3N2O3S/c1-13-19(22)20(31-27(13)12-29-2)26-18(28)11-14-3-7-16(8-4-14)30-17-9-5-15(6-10-17)21(23,24)25/h3-10H,11-12H2,1-2H3. The average Bonchev–Trinajstić information content (AvgIpc) is 2.97. The number of hydrogen-bond donors (Lipinski definition) is 0. The van der Waals surface area contributed by atoms with E-state index in [2.05, 4.69) is 4.99 Å². The third kappa shape index (κ3) is 5.96. The Hall–Kier alpha value is -2.62. The molecule has 0 saturated carbocycles. The molecule has 0 atom stereocenters. The zero-order valence-electron chi connectivity index (χ0n) is 16.6. The van der Waals surface area contributed by atoms with Gasteiger partial charge < -0.3 is 9.47 Å². The van der Waals surface area contributed by atoms with E-state index in [1.165, 1.54) is 23.7 Å². The van der Waals surface area contributed by atoms with Gasteiger partial charge in [0.15, 0.2) is 4.67 Å². The summed E-state index contributed by atoms with van der Waals surface area (Å²) in [5, 5.41) is 0.413. The number of methoxy groups -OCH3 is 1. The summed E-state index contributed by atoms with van der Waals surface area (Å²) in [5.74, 6) is 0.355. The quantitative estimate of drug-likeness (QED) is 0.471. The molecule has 0 radical (unpaired) electrons. The summed E-state index contributed by atoms with van der Waals surface area (Å²) >= 11 is 7.48. The fraction of sp³-hybridized carbons (Fsp3) is 0.238. The summed E-state index contributed by atoms with van der Waals surface area (Å²) in [5.41, 5.74) is 0.735. The number of carbonyl (C=O) groups excluding carboxylic acids is 1. The van der Waals surface area contributed by atoms with E-state index in [4.69, 9.17) is 21.1 Å². The largest absolute Gasteiger partial charge is 0.457 e. The van der Waals surface area contributed by atoms with Crippen molar-refractivity contribution in [2.24, 2.45) is 4.99 Å². The van der Waals surface area contributed by atoms with Crippen LogP contribution >= 0.6 is 23.1 Å². The molecule has 3 aromatic rings. The molecule has 0 fully saturated rings. The lowest BCUT2D eigenvalue weighted by Gasteiger charge is -2.09. The van der Waals surface area contributed by atoms with Crippen LogP contribution in [0.3, 0.4) is 0 Å². The first kappa shape index (κ1) is 23.1. The Labute approximate surface area is 185 Å². The van der Waals surface area contributed by atoms with Crippen LogP contribution in [-0.4, -0.2) is 17.0 Å². The van der Waals surface area contributed by atoms with Gasteiger partial charge in [0.25, 0.3) is 5.91 Å². The van der Waals surface area contributed by atoms with Crippen LogP contribution in [0.4, 0.5) is 13.2 Å². The van der Waals surface area contributed by atoms with E-state index in [1.807, 2.05) is 6.92 Å². The molecular formula is C21H18ClF3N2O3S. The van der Waals surface area contributed by atoms with Crippen LogP contribution in [0.25, 0.3) is 0 Å². The topological polar surface area (TPSA) is 52.8 Å². The monoisotopic (exact) mass is 470 g/mol. The van der Waals surface area contributed by atoms with E-state index in [0.29, 0.717) is 27.7 Å². The van der Waals surface area contributed by atoms with Crippen LogP contribution in [0.1, 0.15) is 16.8 Å². The minimum Gasteiger partial charge on any atom is -0.457 e. The second-order valence-corrected chi connectivity index (χ2v) is 7.93. The van der Waals surface area contributed by atoms with Crippen molar-refractivity contribution < 1.29 is 27.4 Å². The number of amides is 1. The second kappa shape index (κ2) is 9.67. The summed E-state index contributed by atoms with van der Waals surface area (Å²) < 4.78 is 50.7. The van der Waals surface area contributed by atoms with E-state index in [1.54, 1.807) is 35.3 Å². The molecule has 2 aromatic carbocycles. The number of aromatic nitrogens is 1. The zero-order chi connectivity index (χ0) is 22.6. The maximum Gasteiger partial charge on any atom is 0.416 e. The van der Waals surface area contributed by atoms with Crippen LogP contribution in [0.2, 0.25) is 5.02 Å². The molecule has 5 nitrogen and oxygen atoms in total. The van der Waals surface area contributed by atoms with E-state index >= 15 is 0 Å². The Bertz CT molecular complexity index is 1120. The third-order valence-electron chi connectivity index (χ3n) is 4.24. The predicted molar refractivity (Wildman–Crippen MR) is 111 cm³/mol. The van der Waals surface area contributed by atoms with Crippen molar-refractivity contribution in [3.8, 4) is 11.5 Å². The van der Waals surface area contributed by atoms with Crippen LogP contribution in [0.5, 0.6) is 11.5 Å². The molecule has 0 spiro atoms. The second-order valence-electron chi connectivity index (χ2n) is 6.54. The van der Waals surface area contributed by atoms with E-state index in [9.17, 15) is 18.0 Å². The lowest BCUT2D eigenvalue weighted by molar-refractivity contribution is -0.137. The minimum atomic E-state index is -4.40. The van der Waals surface area contributed by atoms with Gasteiger partial charge in [-0.3, -0.25) is 8.75 Å². The number of nitrogens with zero attached hydrogens (tertiary/aromatic N) is 2. The molecule has 0 N–H and O–H groups in total. The summed E-state index contributed by atoms with van der Waals surface area (Å²) in [7, 11) is 1.56. The maximum atomic E-state index is 12.6. The highest BCUT2D eigenvalue weighted by molar-refractivity contribution is 7.04. The Morgan fingerprint density at radius 2 is 1.68 bits per heavy atom. The predicted octanol–water partition coefficient (Wildman–Crippen LogP) is 5.60. The Balaban J connectivity index is 1.65. The molecule has 1 heterocycles. The van der Waals surface area contributed by atoms with Gasteiger partial charge in [0.05, 0.1) is 17.0 Å². The lowest BCUT2D eigenvalue weighted by Crippen LogP contribution is -2.06. The van der Waals surface area contributed by atoms with Crippen molar-refractivity contribution in [1.82, 2.24) is 3.96 Å². The highest BCUT2D eigenvalue weighted by Gasteiger charge is 2.30. The molecule has 10 heteroatoms. The van der Waals surface area contributed by atoms with Crippen molar-refractivity contribution in [3.63, 3.8) is 0 Å². The van der Waals surface area contributed by atoms with Gasteiger partial charge in [-0.15, -0.1) is 0 Å². The minimum absolute atomic E-state index is 0.0676. The van der Waals surface area contributed by atoms with Crippen LogP contribution in [0.15, 0.2) is 53.5 Å². The van der Waals surface area contributed by atoms with Crippen molar-refractivity contribution in [1.29, 1.82) is 0 Å². The zero-order valence-corrected chi connectivity index (χ0v) is 18.1. The van der Waals surface area contributed by atoms with Gasteiger partial charge in [-0.1, -0.05) is 23.7 Å². The first-order chi connectivity index (χ1) is 14.7. The molecule has 1 amide bonds. The summed E-state index contributed by atoms with van der Waals surface area (Å²) in [6.07, 6.45) is -4.33. The molecule has 31 heavy (non-hydrogen) atoms. The Kier molecular flexibility index (Phi) is 7.19. The van der Waals surface area contributed by atoms with E-state index in [-0.39, 0.29) is 18.1 Å². The first-order valence-corrected chi connectivity index (χ1v) is 10.2. The smallest absolute Gasteiger partial charge is 0.416 e. The molecule has 1 aromatic heterocycles. The van der Waals surface area contributed by atoms with Gasteiger partial charge in [0, 0.05) is 12.8 Å². The highest BCUT2D eigenvalue weighted by Crippen LogP contribution is 2.31. The van der Waals surface area contributed by atoms with Gasteiger partial charge in [-0.2, -0.15) is 18.2 Å². The van der Waals surface area contributed by atoms with Gasteiger partial charge in [-0.05, 0) is 60.4 Å². The Morgan fingerprint density at radius 1 is 1.10 bits per heavy atom. The van der Waals surface area contributed by atoms with E-state index in [0.717, 1.165) is 17.8 Å². The third-order valence-corrected chi connectivity index (χ3v) is 5.88. The fourth-order valence-corrected chi connectivity index (χ4v) is 3.90. The summed E-state index contributed by atoms with van der Waals surface area (Å²) in [6, 6.07) is 11.1. The number of ether oxygens (including phenoxy) is 2. The fourth-order valence-electron chi connectivity index (χ4n) is 2.64. The number of carbonyl (C=O) groups is 1. The molecule has 164 valence electrons. The summed E-state index contributed by atoms with van der Waals surface area (Å²) in [6.45, 7) is 2.14. The van der Waals surface area contributed by atoms with Crippen LogP contribution in [-0.2, 0) is 28.9 Å². The van der Waals surface area contributed by atoms with Crippen LogP contribution in [0, 0.1) is 6.92 Å². The molecule has 0 bridgehead atoms. The number of rotatable bonds is 6. The first-order valence-electron chi connectivity index (χ1n) is 9.04. The molecular weight excluding hydrogens is 453 g/mol. The van der Waals surface area contributed by atoms with Gasteiger partial charge in [0.1, 0.15) is 18.2 Å². The molecule has 0 aliphatic rings. The number of hydrogen-bond acceptors (Lipinski definition) is 4. The Morgan fingerprint density at radius 3 is 2.23 bits per heavy atom. The highest BCUT2D eigenvalue weighted by atomic mass is 35.5. The molecule has 0 aliphatic heterocycles. The number of alkyl halides is 3.